The zero-order chi connectivity index (χ0) is 13.1. The molecule has 0 unspecified atom stereocenters. The molecule has 2 aromatic rings. The molecule has 2 rings (SSSR count). The molecule has 1 aromatic heterocycles. The first-order chi connectivity index (χ1) is 8.61. The second-order valence-corrected chi connectivity index (χ2v) is 3.50. The number of H-pyrrole nitrogens is 1. The number of carbonyl (C=O) groups is 1. The summed E-state index contributed by atoms with van der Waals surface area (Å²) in [6.45, 7) is 0. The van der Waals surface area contributed by atoms with Gasteiger partial charge in [-0.3, -0.25) is 9.89 Å². The summed E-state index contributed by atoms with van der Waals surface area (Å²) < 4.78 is 17.9. The van der Waals surface area contributed by atoms with E-state index < -0.39 is 11.7 Å². The molecule has 0 aliphatic carbocycles. The molecule has 0 atom stereocenters. The Hall–Kier alpha value is -2.57. The molecule has 7 heteroatoms. The Morgan fingerprint density at radius 1 is 1.56 bits per heavy atom. The highest BCUT2D eigenvalue weighted by atomic mass is 19.1. The smallest absolute Gasteiger partial charge is 0.275 e. The van der Waals surface area contributed by atoms with Gasteiger partial charge in [-0.05, 0) is 12.1 Å². The third-order valence-electron chi connectivity index (χ3n) is 2.31. The van der Waals surface area contributed by atoms with Crippen LogP contribution in [0.1, 0.15) is 10.5 Å². The number of nitrogens with zero attached hydrogens (tertiary/aromatic N) is 1. The second kappa shape index (κ2) is 4.74. The number of nitrogen functional groups attached to an aromatic ring is 1. The third kappa shape index (κ3) is 2.24. The number of ether oxygens (including phenoxy) is 1. The number of halogens is 1. The first-order valence-corrected chi connectivity index (χ1v) is 5.05. The van der Waals surface area contributed by atoms with Gasteiger partial charge in [-0.2, -0.15) is 5.10 Å². The lowest BCUT2D eigenvalue weighted by atomic mass is 10.2. The van der Waals surface area contributed by atoms with Crippen molar-refractivity contribution in [3.05, 3.63) is 35.9 Å². The Bertz CT molecular complexity index is 582. The van der Waals surface area contributed by atoms with E-state index in [9.17, 15) is 9.18 Å². The fraction of sp³-hybridized carbons (Fsp3) is 0.0909. The third-order valence-corrected chi connectivity index (χ3v) is 2.31. The van der Waals surface area contributed by atoms with E-state index in [1.165, 1.54) is 31.5 Å². The van der Waals surface area contributed by atoms with Crippen LogP contribution in [0.3, 0.4) is 0 Å². The fourth-order valence-electron chi connectivity index (χ4n) is 1.43. The number of aromatic amines is 1. The molecule has 18 heavy (non-hydrogen) atoms. The van der Waals surface area contributed by atoms with E-state index in [1.54, 1.807) is 0 Å². The highest BCUT2D eigenvalue weighted by Gasteiger charge is 2.14. The molecule has 1 heterocycles. The zero-order valence-electron chi connectivity index (χ0n) is 9.53. The van der Waals surface area contributed by atoms with Crippen LogP contribution in [0.4, 0.5) is 15.8 Å². The van der Waals surface area contributed by atoms with Gasteiger partial charge in [0.15, 0.2) is 0 Å². The summed E-state index contributed by atoms with van der Waals surface area (Å²) in [6, 6.07) is 3.79. The topological polar surface area (TPSA) is 93.0 Å². The predicted molar refractivity (Wildman–Crippen MR) is 63.9 cm³/mol. The van der Waals surface area contributed by atoms with Crippen LogP contribution in [0, 0.1) is 5.82 Å². The lowest BCUT2D eigenvalue weighted by Gasteiger charge is -2.09. The van der Waals surface area contributed by atoms with Crippen LogP contribution in [0.25, 0.3) is 0 Å². The lowest BCUT2D eigenvalue weighted by Crippen LogP contribution is -2.14. The van der Waals surface area contributed by atoms with Gasteiger partial charge in [0.2, 0.25) is 0 Å². The van der Waals surface area contributed by atoms with Gasteiger partial charge in [-0.1, -0.05) is 0 Å². The van der Waals surface area contributed by atoms with Crippen molar-refractivity contribution in [1.29, 1.82) is 0 Å². The first kappa shape index (κ1) is 11.9. The number of benzene rings is 1. The average molecular weight is 250 g/mol. The van der Waals surface area contributed by atoms with E-state index in [0.717, 1.165) is 0 Å². The number of hydrogen-bond donors (Lipinski definition) is 3. The first-order valence-electron chi connectivity index (χ1n) is 5.05. The number of methoxy groups -OCH3 is 1. The number of nitrogens with two attached hydrogens (primary N) is 1. The molecule has 1 amide bonds. The van der Waals surface area contributed by atoms with Gasteiger partial charge in [0, 0.05) is 6.07 Å². The van der Waals surface area contributed by atoms with Crippen LogP contribution >= 0.6 is 0 Å². The summed E-state index contributed by atoms with van der Waals surface area (Å²) in [5, 5.41) is 8.66. The van der Waals surface area contributed by atoms with Crippen molar-refractivity contribution in [2.24, 2.45) is 0 Å². The van der Waals surface area contributed by atoms with E-state index >= 15 is 0 Å². The lowest BCUT2D eigenvalue weighted by molar-refractivity contribution is 0.102. The van der Waals surface area contributed by atoms with Crippen molar-refractivity contribution in [2.75, 3.05) is 18.2 Å². The molecule has 94 valence electrons. The van der Waals surface area contributed by atoms with E-state index in [2.05, 4.69) is 15.5 Å². The minimum absolute atomic E-state index is 0.140. The van der Waals surface area contributed by atoms with E-state index in [0.29, 0.717) is 5.69 Å². The molecule has 0 saturated carbocycles. The Labute approximate surface area is 102 Å². The number of hydrogen-bond acceptors (Lipinski definition) is 4. The van der Waals surface area contributed by atoms with Gasteiger partial charge in [0.25, 0.3) is 5.91 Å². The summed E-state index contributed by atoms with van der Waals surface area (Å²) >= 11 is 0. The summed E-state index contributed by atoms with van der Waals surface area (Å²) in [6.07, 6.45) is 1.33. The standard InChI is InChI=1S/C11H11FN4O2/c1-18-9-4-6(12)2-3-8(9)15-11(17)10-7(13)5-14-16-10/h2-5H,13H2,1H3,(H,14,16)(H,15,17). The summed E-state index contributed by atoms with van der Waals surface area (Å²) in [7, 11) is 1.38. The molecule has 6 nitrogen and oxygen atoms in total. The molecule has 4 N–H and O–H groups in total. The SMILES string of the molecule is COc1cc(F)ccc1NC(=O)c1[nH]ncc1N. The largest absolute Gasteiger partial charge is 0.494 e. The zero-order valence-corrected chi connectivity index (χ0v) is 9.53. The molecule has 0 aliphatic heterocycles. The molecule has 0 saturated heterocycles. The van der Waals surface area contributed by atoms with Crippen LogP contribution in [-0.2, 0) is 0 Å². The Morgan fingerprint density at radius 3 is 2.94 bits per heavy atom. The Kier molecular flexibility index (Phi) is 3.13. The van der Waals surface area contributed by atoms with Crippen LogP contribution in [-0.4, -0.2) is 23.2 Å². The molecule has 0 fully saturated rings. The molecule has 0 bridgehead atoms. The van der Waals surface area contributed by atoms with Crippen molar-refractivity contribution < 1.29 is 13.9 Å². The van der Waals surface area contributed by atoms with Crippen molar-refractivity contribution in [2.45, 2.75) is 0 Å². The summed E-state index contributed by atoms with van der Waals surface area (Å²) in [5.74, 6) is -0.706. The van der Waals surface area contributed by atoms with Gasteiger partial charge in [0.05, 0.1) is 24.7 Å². The maximum atomic E-state index is 13.0. The number of aromatic nitrogens is 2. The highest BCUT2D eigenvalue weighted by Crippen LogP contribution is 2.25. The van der Waals surface area contributed by atoms with Gasteiger partial charge in [0.1, 0.15) is 17.3 Å². The van der Waals surface area contributed by atoms with Gasteiger partial charge in [-0.25, -0.2) is 4.39 Å². The van der Waals surface area contributed by atoms with Gasteiger partial charge < -0.3 is 15.8 Å². The fourth-order valence-corrected chi connectivity index (χ4v) is 1.43. The number of nitrogens with one attached hydrogen (secondary N) is 2. The highest BCUT2D eigenvalue weighted by molar-refractivity contribution is 6.06. The molecule has 0 aliphatic rings. The van der Waals surface area contributed by atoms with Gasteiger partial charge >= 0.3 is 0 Å². The molecular formula is C11H11FN4O2. The van der Waals surface area contributed by atoms with E-state index in [-0.39, 0.29) is 17.1 Å². The average Bonchev–Trinajstić information content (AvgIpc) is 2.77. The minimum atomic E-state index is -0.477. The Morgan fingerprint density at radius 2 is 2.33 bits per heavy atom. The number of anilines is 2. The quantitative estimate of drug-likeness (QED) is 0.767. The van der Waals surface area contributed by atoms with Crippen LogP contribution in [0.15, 0.2) is 24.4 Å². The van der Waals surface area contributed by atoms with Crippen molar-refractivity contribution in [3.63, 3.8) is 0 Å². The molecule has 0 spiro atoms. The second-order valence-electron chi connectivity index (χ2n) is 3.50. The predicted octanol–water partition coefficient (Wildman–Crippen LogP) is 1.39. The monoisotopic (exact) mass is 250 g/mol. The normalized spacial score (nSPS) is 10.1. The summed E-state index contributed by atoms with van der Waals surface area (Å²) in [4.78, 5) is 11.8. The van der Waals surface area contributed by atoms with Crippen molar-refractivity contribution in [3.8, 4) is 5.75 Å². The maximum Gasteiger partial charge on any atom is 0.275 e. The number of carbonyl (C=O) groups excluding carboxylic acids is 1. The van der Waals surface area contributed by atoms with Gasteiger partial charge in [-0.15, -0.1) is 0 Å². The number of rotatable bonds is 3. The van der Waals surface area contributed by atoms with Crippen LogP contribution < -0.4 is 15.8 Å². The Balaban J connectivity index is 2.24. The molecular weight excluding hydrogens is 239 g/mol. The van der Waals surface area contributed by atoms with Crippen LogP contribution in [0.5, 0.6) is 5.75 Å². The summed E-state index contributed by atoms with van der Waals surface area (Å²) in [5.41, 5.74) is 6.26. The van der Waals surface area contributed by atoms with Crippen molar-refractivity contribution >= 4 is 17.3 Å². The maximum absolute atomic E-state index is 13.0. The molecule has 1 aromatic carbocycles. The van der Waals surface area contributed by atoms with Crippen LogP contribution in [0.2, 0.25) is 0 Å². The van der Waals surface area contributed by atoms with E-state index in [1.807, 2.05) is 0 Å². The number of amides is 1. The van der Waals surface area contributed by atoms with E-state index in [4.69, 9.17) is 10.5 Å². The van der Waals surface area contributed by atoms with Crippen molar-refractivity contribution in [1.82, 2.24) is 10.2 Å². The molecule has 0 radical (unpaired) electrons. The minimum Gasteiger partial charge on any atom is -0.494 e.